The Bertz CT molecular complexity index is 1080. The van der Waals surface area contributed by atoms with E-state index in [1.165, 1.54) is 11.8 Å². The summed E-state index contributed by atoms with van der Waals surface area (Å²) in [5, 5.41) is 14.0. The number of para-hydroxylation sites is 1. The van der Waals surface area contributed by atoms with E-state index in [4.69, 9.17) is 15.3 Å². The Morgan fingerprint density at radius 1 is 1.23 bits per heavy atom. The number of aryl methyl sites for hydroxylation is 1. The van der Waals surface area contributed by atoms with Crippen LogP contribution < -0.4 is 4.90 Å². The highest BCUT2D eigenvalue weighted by Gasteiger charge is 2.31. The van der Waals surface area contributed by atoms with Crippen LogP contribution in [0, 0.1) is 18.3 Å². The zero-order chi connectivity index (χ0) is 21.8. The summed E-state index contributed by atoms with van der Waals surface area (Å²) in [6.07, 6.45) is 2.53. The van der Waals surface area contributed by atoms with Gasteiger partial charge >= 0.3 is 0 Å². The molecule has 1 amide bonds. The van der Waals surface area contributed by atoms with Crippen molar-refractivity contribution in [1.82, 2.24) is 14.8 Å². The van der Waals surface area contributed by atoms with E-state index in [-0.39, 0.29) is 17.6 Å². The van der Waals surface area contributed by atoms with Crippen molar-refractivity contribution in [3.8, 4) is 11.8 Å². The van der Waals surface area contributed by atoms with Crippen LogP contribution in [0.3, 0.4) is 0 Å². The van der Waals surface area contributed by atoms with Gasteiger partial charge in [-0.1, -0.05) is 47.7 Å². The van der Waals surface area contributed by atoms with Gasteiger partial charge in [-0.2, -0.15) is 5.26 Å². The van der Waals surface area contributed by atoms with Gasteiger partial charge < -0.3 is 4.90 Å². The molecule has 0 bridgehead atoms. The predicted octanol–water partition coefficient (Wildman–Crippen LogP) is 4.88. The molecule has 1 fully saturated rings. The fourth-order valence-corrected chi connectivity index (χ4v) is 4.22. The Balaban J connectivity index is 1.55. The average molecular weight is 432 g/mol. The highest BCUT2D eigenvalue weighted by atomic mass is 32.2. The Morgan fingerprint density at radius 3 is 2.58 bits per heavy atom. The molecule has 0 radical (unpaired) electrons. The fourth-order valence-electron chi connectivity index (χ4n) is 3.40. The van der Waals surface area contributed by atoms with Crippen molar-refractivity contribution in [3.05, 3.63) is 66.0 Å². The second-order valence-corrected chi connectivity index (χ2v) is 9.08. The van der Waals surface area contributed by atoms with E-state index in [9.17, 15) is 4.79 Å². The predicted molar refractivity (Wildman–Crippen MR) is 122 cm³/mol. The molecular weight excluding hydrogens is 406 g/mol. The van der Waals surface area contributed by atoms with Crippen molar-refractivity contribution in [2.24, 2.45) is 0 Å². The molecule has 0 saturated heterocycles. The maximum absolute atomic E-state index is 13.3. The van der Waals surface area contributed by atoms with E-state index in [1.807, 2.05) is 73.1 Å². The molecule has 1 aliphatic carbocycles. The zero-order valence-electron chi connectivity index (χ0n) is 17.7. The van der Waals surface area contributed by atoms with Gasteiger partial charge in [-0.3, -0.25) is 4.79 Å². The minimum absolute atomic E-state index is 0.0480. The minimum Gasteiger partial charge on any atom is -0.310 e. The van der Waals surface area contributed by atoms with Crippen molar-refractivity contribution in [3.63, 3.8) is 0 Å². The molecule has 3 aromatic rings. The minimum atomic E-state index is -0.376. The third-order valence-corrected chi connectivity index (χ3v) is 6.18. The van der Waals surface area contributed by atoms with Crippen LogP contribution in [0.2, 0.25) is 0 Å². The number of benzene rings is 2. The van der Waals surface area contributed by atoms with Gasteiger partial charge in [0.2, 0.25) is 11.1 Å². The second-order valence-electron chi connectivity index (χ2n) is 7.77. The van der Waals surface area contributed by atoms with Crippen LogP contribution in [0.4, 0.5) is 5.69 Å². The highest BCUT2D eigenvalue weighted by Crippen LogP contribution is 2.40. The van der Waals surface area contributed by atoms with Crippen LogP contribution in [0.5, 0.6) is 0 Å². The third-order valence-electron chi connectivity index (χ3n) is 5.24. The van der Waals surface area contributed by atoms with Crippen molar-refractivity contribution in [2.75, 3.05) is 11.4 Å². The molecule has 0 aliphatic heterocycles. The Hall–Kier alpha value is -3.11. The maximum atomic E-state index is 13.3. The van der Waals surface area contributed by atoms with Gasteiger partial charge in [0.15, 0.2) is 0 Å². The van der Waals surface area contributed by atoms with Crippen LogP contribution in [0.1, 0.15) is 43.5 Å². The van der Waals surface area contributed by atoms with Gasteiger partial charge in [0.25, 0.3) is 0 Å². The molecule has 1 saturated carbocycles. The summed E-state index contributed by atoms with van der Waals surface area (Å²) in [5.74, 6) is 1.36. The summed E-state index contributed by atoms with van der Waals surface area (Å²) in [4.78, 5) is 19.7. The monoisotopic (exact) mass is 431 g/mol. The van der Waals surface area contributed by atoms with Crippen LogP contribution in [-0.2, 0) is 4.79 Å². The molecule has 31 heavy (non-hydrogen) atoms. The van der Waals surface area contributed by atoms with E-state index < -0.39 is 0 Å². The number of hydrogen-bond acceptors (Lipinski definition) is 5. The van der Waals surface area contributed by atoms with Crippen molar-refractivity contribution >= 4 is 23.4 Å². The van der Waals surface area contributed by atoms with Crippen molar-refractivity contribution in [2.45, 2.75) is 49.4 Å². The zero-order valence-corrected chi connectivity index (χ0v) is 18.5. The summed E-state index contributed by atoms with van der Waals surface area (Å²) in [5.41, 5.74) is 2.92. The Kier molecular flexibility index (Phi) is 6.38. The lowest BCUT2D eigenvalue weighted by Crippen LogP contribution is -2.37. The topological polar surface area (TPSA) is 74.8 Å². The molecule has 0 N–H and O–H groups in total. The van der Waals surface area contributed by atoms with Crippen molar-refractivity contribution in [1.29, 1.82) is 5.26 Å². The Morgan fingerprint density at radius 2 is 1.94 bits per heavy atom. The van der Waals surface area contributed by atoms with Crippen LogP contribution in [0.25, 0.3) is 5.69 Å². The van der Waals surface area contributed by atoms with Gasteiger partial charge in [0, 0.05) is 18.2 Å². The van der Waals surface area contributed by atoms with E-state index in [1.54, 1.807) is 4.90 Å². The van der Waals surface area contributed by atoms with Crippen LogP contribution in [-0.4, -0.2) is 32.5 Å². The largest absolute Gasteiger partial charge is 0.310 e. The summed E-state index contributed by atoms with van der Waals surface area (Å²) in [7, 11) is 0. The normalized spacial score (nSPS) is 14.1. The number of rotatable bonds is 8. The fraction of sp³-hybridized carbons (Fsp3) is 0.333. The first-order valence-corrected chi connectivity index (χ1v) is 11.4. The molecule has 1 atom stereocenters. The van der Waals surface area contributed by atoms with Gasteiger partial charge in [-0.05, 0) is 51.0 Å². The van der Waals surface area contributed by atoms with E-state index in [0.717, 1.165) is 35.6 Å². The SMILES string of the molecule is Cc1ccc(N(CCC#N)C(=O)[C@@H](C)Sc2nc(C3CC3)n(-c3ccccc3)n2)cc1. The highest BCUT2D eigenvalue weighted by molar-refractivity contribution is 8.00. The molecule has 158 valence electrons. The number of carbonyl (C=O) groups is 1. The summed E-state index contributed by atoms with van der Waals surface area (Å²) < 4.78 is 1.91. The quantitative estimate of drug-likeness (QED) is 0.475. The van der Waals surface area contributed by atoms with E-state index in [2.05, 4.69) is 6.07 Å². The molecule has 1 aromatic heterocycles. The lowest BCUT2D eigenvalue weighted by Gasteiger charge is -2.24. The molecule has 7 heteroatoms. The smallest absolute Gasteiger partial charge is 0.240 e. The van der Waals surface area contributed by atoms with E-state index in [0.29, 0.717) is 17.6 Å². The number of aromatic nitrogens is 3. The van der Waals surface area contributed by atoms with Gasteiger partial charge in [-0.15, -0.1) is 5.10 Å². The van der Waals surface area contributed by atoms with Gasteiger partial charge in [0.05, 0.1) is 23.4 Å². The average Bonchev–Trinajstić information content (AvgIpc) is 3.55. The molecule has 2 aromatic carbocycles. The standard InChI is InChI=1S/C24H25N5OS/c1-17-9-13-20(14-10-17)28(16-6-15-25)23(30)18(2)31-24-26-22(19-11-12-19)29(27-24)21-7-4-3-5-8-21/h3-5,7-10,13-14,18-19H,6,11-12,16H2,1-2H3/t18-/m1/s1. The van der Waals surface area contributed by atoms with Crippen molar-refractivity contribution < 1.29 is 4.79 Å². The first-order chi connectivity index (χ1) is 15.1. The lowest BCUT2D eigenvalue weighted by atomic mass is 10.2. The third kappa shape index (κ3) is 4.97. The molecule has 0 unspecified atom stereocenters. The molecule has 4 rings (SSSR count). The summed E-state index contributed by atoms with van der Waals surface area (Å²) in [6, 6.07) is 19.9. The number of nitrogens with zero attached hydrogens (tertiary/aromatic N) is 5. The molecule has 0 spiro atoms. The number of amides is 1. The van der Waals surface area contributed by atoms with Gasteiger partial charge in [-0.25, -0.2) is 9.67 Å². The summed E-state index contributed by atoms with van der Waals surface area (Å²) in [6.45, 7) is 4.25. The molecular formula is C24H25N5OS. The second kappa shape index (κ2) is 9.36. The summed E-state index contributed by atoms with van der Waals surface area (Å²) >= 11 is 1.37. The van der Waals surface area contributed by atoms with E-state index >= 15 is 0 Å². The number of thioether (sulfide) groups is 1. The number of carbonyl (C=O) groups excluding carboxylic acids is 1. The number of hydrogen-bond donors (Lipinski definition) is 0. The van der Waals surface area contributed by atoms with Crippen LogP contribution >= 0.6 is 11.8 Å². The molecule has 6 nitrogen and oxygen atoms in total. The number of nitriles is 1. The maximum Gasteiger partial charge on any atom is 0.240 e. The molecule has 1 aliphatic rings. The van der Waals surface area contributed by atoms with Gasteiger partial charge in [0.1, 0.15) is 5.82 Å². The van der Waals surface area contributed by atoms with Crippen LogP contribution in [0.15, 0.2) is 59.8 Å². The first-order valence-electron chi connectivity index (χ1n) is 10.5. The molecule has 1 heterocycles. The number of anilines is 1. The lowest BCUT2D eigenvalue weighted by molar-refractivity contribution is -0.117. The first kappa shape index (κ1) is 21.1. The Labute approximate surface area is 186 Å².